The Morgan fingerprint density at radius 3 is 1.47 bits per heavy atom. The summed E-state index contributed by atoms with van der Waals surface area (Å²) in [6.07, 6.45) is 0. The van der Waals surface area contributed by atoms with Crippen molar-refractivity contribution >= 4 is 123 Å². The molecule has 0 N–H and O–H groups in total. The van der Waals surface area contributed by atoms with Crippen LogP contribution in [0.3, 0.4) is 0 Å². The monoisotopic (exact) mass is 680 g/mol. The number of rotatable bonds is 4. The molecule has 0 atom stereocenters. The van der Waals surface area contributed by atoms with Crippen molar-refractivity contribution in [2.75, 3.05) is 4.90 Å². The second-order valence-electron chi connectivity index (χ2n) is 12.4. The van der Waals surface area contributed by atoms with E-state index in [9.17, 15) is 0 Å². The lowest BCUT2D eigenvalue weighted by molar-refractivity contribution is 0.620. The van der Waals surface area contributed by atoms with E-state index in [4.69, 9.17) is 9.40 Å². The molecule has 230 valence electrons. The maximum Gasteiger partial charge on any atom is 0.227 e. The predicted octanol–water partition coefficient (Wildman–Crippen LogP) is 14.1. The number of thiophene rings is 3. The van der Waals surface area contributed by atoms with Gasteiger partial charge in [0.25, 0.3) is 0 Å². The van der Waals surface area contributed by atoms with Gasteiger partial charge in [0.15, 0.2) is 5.58 Å². The molecule has 0 amide bonds. The lowest BCUT2D eigenvalue weighted by atomic mass is 10.1. The molecule has 0 bridgehead atoms. The number of hydrogen-bond donors (Lipinski definition) is 0. The Hall–Kier alpha value is -5.53. The smallest absolute Gasteiger partial charge is 0.227 e. The third kappa shape index (κ3) is 4.28. The summed E-state index contributed by atoms with van der Waals surface area (Å²) in [6, 6.07) is 52.6. The Morgan fingerprint density at radius 1 is 0.408 bits per heavy atom. The van der Waals surface area contributed by atoms with Gasteiger partial charge in [-0.3, -0.25) is 0 Å². The highest BCUT2D eigenvalue weighted by Crippen LogP contribution is 2.45. The second-order valence-corrected chi connectivity index (χ2v) is 15.6. The number of hydrogen-bond acceptors (Lipinski definition) is 6. The van der Waals surface area contributed by atoms with E-state index < -0.39 is 0 Å². The van der Waals surface area contributed by atoms with E-state index in [1.807, 2.05) is 53.0 Å². The van der Waals surface area contributed by atoms with Crippen LogP contribution in [0.25, 0.3) is 83.1 Å². The van der Waals surface area contributed by atoms with Gasteiger partial charge in [-0.05, 0) is 84.9 Å². The zero-order valence-electron chi connectivity index (χ0n) is 25.9. The number of oxazole rings is 1. The summed E-state index contributed by atoms with van der Waals surface area (Å²) < 4.78 is 13.9. The summed E-state index contributed by atoms with van der Waals surface area (Å²) >= 11 is 5.51. The molecule has 0 saturated heterocycles. The first kappa shape index (κ1) is 27.4. The summed E-state index contributed by atoms with van der Waals surface area (Å²) in [7, 11) is 0. The molecule has 49 heavy (non-hydrogen) atoms. The molecule has 0 unspecified atom stereocenters. The van der Waals surface area contributed by atoms with Gasteiger partial charge in [0.2, 0.25) is 5.89 Å². The molecule has 11 rings (SSSR count). The minimum absolute atomic E-state index is 0.650. The van der Waals surface area contributed by atoms with Crippen LogP contribution in [0, 0.1) is 0 Å². The SMILES string of the molecule is c1ccc(-c2nc3cc4c(cc3o2)sc2ccc(N(c3ccc5sc6ccccc6c5c3)c3ccc5sc6ccccc6c5c3)cc24)cc1. The third-order valence-corrected chi connectivity index (χ3v) is 12.9. The van der Waals surface area contributed by atoms with E-state index in [-0.39, 0.29) is 0 Å². The molecule has 7 aromatic carbocycles. The molecule has 0 saturated carbocycles. The number of fused-ring (bicyclic) bond motifs is 10. The normalized spacial score (nSPS) is 12.1. The summed E-state index contributed by atoms with van der Waals surface area (Å²) in [5.41, 5.74) is 6.07. The number of anilines is 3. The first-order chi connectivity index (χ1) is 24.2. The Kier molecular flexibility index (Phi) is 5.87. The Bertz CT molecular complexity index is 2960. The zero-order valence-corrected chi connectivity index (χ0v) is 28.3. The average Bonchev–Trinajstić information content (AvgIpc) is 3.92. The molecule has 0 spiro atoms. The van der Waals surface area contributed by atoms with Crippen LogP contribution in [0.4, 0.5) is 17.1 Å². The van der Waals surface area contributed by atoms with E-state index in [1.54, 1.807) is 11.3 Å². The third-order valence-electron chi connectivity index (χ3n) is 9.48. The second kappa shape index (κ2) is 10.5. The molecule has 0 aliphatic rings. The number of aromatic nitrogens is 1. The van der Waals surface area contributed by atoms with E-state index in [0.29, 0.717) is 5.89 Å². The molecule has 3 nitrogen and oxygen atoms in total. The van der Waals surface area contributed by atoms with Gasteiger partial charge in [-0.15, -0.1) is 34.0 Å². The molecular formula is C43H24N2OS3. The zero-order chi connectivity index (χ0) is 32.1. The van der Waals surface area contributed by atoms with Crippen molar-refractivity contribution in [2.24, 2.45) is 0 Å². The average molecular weight is 681 g/mol. The Labute approximate surface area is 292 Å². The minimum Gasteiger partial charge on any atom is -0.436 e. The minimum atomic E-state index is 0.650. The van der Waals surface area contributed by atoms with E-state index >= 15 is 0 Å². The first-order valence-corrected chi connectivity index (χ1v) is 18.6. The Morgan fingerprint density at radius 2 is 0.878 bits per heavy atom. The van der Waals surface area contributed by atoms with Gasteiger partial charge in [-0.2, -0.15) is 0 Å². The van der Waals surface area contributed by atoms with Gasteiger partial charge in [-0.25, -0.2) is 4.98 Å². The van der Waals surface area contributed by atoms with Crippen LogP contribution in [-0.2, 0) is 0 Å². The van der Waals surface area contributed by atoms with Crippen LogP contribution in [0.15, 0.2) is 150 Å². The highest BCUT2D eigenvalue weighted by Gasteiger charge is 2.19. The van der Waals surface area contributed by atoms with Crippen LogP contribution in [-0.4, -0.2) is 4.98 Å². The van der Waals surface area contributed by atoms with Crippen LogP contribution >= 0.6 is 34.0 Å². The molecule has 4 aromatic heterocycles. The highest BCUT2D eigenvalue weighted by molar-refractivity contribution is 7.26. The van der Waals surface area contributed by atoms with Crippen molar-refractivity contribution in [3.63, 3.8) is 0 Å². The molecular weight excluding hydrogens is 657 g/mol. The molecule has 11 aromatic rings. The fourth-order valence-electron chi connectivity index (χ4n) is 7.18. The largest absolute Gasteiger partial charge is 0.436 e. The predicted molar refractivity (Wildman–Crippen MR) is 213 cm³/mol. The molecule has 0 fully saturated rings. The van der Waals surface area contributed by atoms with Crippen LogP contribution in [0.2, 0.25) is 0 Å². The topological polar surface area (TPSA) is 29.3 Å². The van der Waals surface area contributed by atoms with Crippen molar-refractivity contribution < 1.29 is 4.42 Å². The van der Waals surface area contributed by atoms with E-state index in [1.165, 1.54) is 60.5 Å². The summed E-state index contributed by atoms with van der Waals surface area (Å²) in [4.78, 5) is 7.32. The van der Waals surface area contributed by atoms with Crippen LogP contribution in [0.1, 0.15) is 0 Å². The molecule has 0 aliphatic carbocycles. The maximum atomic E-state index is 6.24. The molecule has 0 radical (unpaired) electrons. The van der Waals surface area contributed by atoms with Crippen LogP contribution < -0.4 is 4.90 Å². The first-order valence-electron chi connectivity index (χ1n) is 16.2. The lowest BCUT2D eigenvalue weighted by Crippen LogP contribution is -2.09. The van der Waals surface area contributed by atoms with Gasteiger partial charge in [0, 0.05) is 89.2 Å². The Balaban J connectivity index is 1.13. The fourth-order valence-corrected chi connectivity index (χ4v) is 10.5. The van der Waals surface area contributed by atoms with Gasteiger partial charge in [0.1, 0.15) is 5.52 Å². The standard InChI is InChI=1S/C43H24N2OS3/c1-2-8-25(9-3-1)43-44-35-23-34-33-22-28(16-19-41(33)49-42(34)24-36(35)46-43)45(26-14-17-39-31(20-26)29-10-4-6-12-37(29)47-39)27-15-18-40-32(21-27)30-11-5-7-13-38(30)48-40/h1-24H. The fraction of sp³-hybridized carbons (Fsp3) is 0. The molecule has 0 aliphatic heterocycles. The summed E-state index contributed by atoms with van der Waals surface area (Å²) in [6.45, 7) is 0. The molecule has 6 heteroatoms. The highest BCUT2D eigenvalue weighted by atomic mass is 32.1. The van der Waals surface area contributed by atoms with Gasteiger partial charge in [-0.1, -0.05) is 54.6 Å². The lowest BCUT2D eigenvalue weighted by Gasteiger charge is -2.26. The van der Waals surface area contributed by atoms with Crippen molar-refractivity contribution in [3.05, 3.63) is 146 Å². The van der Waals surface area contributed by atoms with Crippen LogP contribution in [0.5, 0.6) is 0 Å². The van der Waals surface area contributed by atoms with Crippen molar-refractivity contribution in [3.8, 4) is 11.5 Å². The quantitative estimate of drug-likeness (QED) is 0.185. The van der Waals surface area contributed by atoms with E-state index in [2.05, 4.69) is 120 Å². The van der Waals surface area contributed by atoms with Crippen molar-refractivity contribution in [1.29, 1.82) is 0 Å². The van der Waals surface area contributed by atoms with Gasteiger partial charge < -0.3 is 9.32 Å². The summed E-state index contributed by atoms with van der Waals surface area (Å²) in [5.74, 6) is 0.650. The maximum absolute atomic E-state index is 6.24. The number of benzene rings is 7. The molecule has 4 heterocycles. The van der Waals surface area contributed by atoms with Gasteiger partial charge in [0.05, 0.1) is 0 Å². The van der Waals surface area contributed by atoms with Crippen molar-refractivity contribution in [2.45, 2.75) is 0 Å². The van der Waals surface area contributed by atoms with Gasteiger partial charge >= 0.3 is 0 Å². The van der Waals surface area contributed by atoms with E-state index in [0.717, 1.165) is 33.7 Å². The van der Waals surface area contributed by atoms with Crippen molar-refractivity contribution in [1.82, 2.24) is 4.98 Å². The number of nitrogens with zero attached hydrogens (tertiary/aromatic N) is 2. The summed E-state index contributed by atoms with van der Waals surface area (Å²) in [5, 5.41) is 7.59.